The normalized spacial score (nSPS) is 19.9. The topological polar surface area (TPSA) is 67.5 Å². The van der Waals surface area contributed by atoms with Crippen molar-refractivity contribution >= 4 is 23.4 Å². The van der Waals surface area contributed by atoms with Crippen LogP contribution in [0.15, 0.2) is 18.2 Å². The molecule has 0 radical (unpaired) electrons. The van der Waals surface area contributed by atoms with Crippen LogP contribution in [-0.2, 0) is 0 Å². The standard InChI is InChI=1S/C11H11N3O2S/c15-11(16)7-3-1-5-9-12-13-10(14(7)9)8-4-2-6-17-8/h1,3,5,8H,2,4,6H2,(H,15,16). The summed E-state index contributed by atoms with van der Waals surface area (Å²) in [5.74, 6) is 0.926. The molecule has 0 aliphatic carbocycles. The second-order valence-electron chi connectivity index (χ2n) is 3.97. The minimum Gasteiger partial charge on any atom is -0.477 e. The molecule has 5 nitrogen and oxygen atoms in total. The van der Waals surface area contributed by atoms with E-state index in [1.54, 1.807) is 22.6 Å². The van der Waals surface area contributed by atoms with Gasteiger partial charge in [-0.1, -0.05) is 6.07 Å². The summed E-state index contributed by atoms with van der Waals surface area (Å²) < 4.78 is 1.66. The summed E-state index contributed by atoms with van der Waals surface area (Å²) in [5, 5.41) is 17.6. The minimum absolute atomic E-state index is 0.231. The molecular formula is C11H11N3O2S. The van der Waals surface area contributed by atoms with Crippen molar-refractivity contribution in [1.29, 1.82) is 0 Å². The number of hydrogen-bond acceptors (Lipinski definition) is 4. The minimum atomic E-state index is -0.945. The van der Waals surface area contributed by atoms with Gasteiger partial charge in [-0.3, -0.25) is 4.40 Å². The van der Waals surface area contributed by atoms with E-state index in [-0.39, 0.29) is 10.9 Å². The van der Waals surface area contributed by atoms with E-state index in [1.807, 2.05) is 11.8 Å². The number of aromatic carboxylic acids is 1. The number of hydrogen-bond donors (Lipinski definition) is 1. The summed E-state index contributed by atoms with van der Waals surface area (Å²) in [6.07, 6.45) is 2.19. The van der Waals surface area contributed by atoms with Crippen LogP contribution >= 0.6 is 11.8 Å². The van der Waals surface area contributed by atoms with Crippen LogP contribution in [0.2, 0.25) is 0 Å². The highest BCUT2D eigenvalue weighted by molar-refractivity contribution is 7.99. The quantitative estimate of drug-likeness (QED) is 0.881. The van der Waals surface area contributed by atoms with Crippen LogP contribution in [0.1, 0.15) is 34.4 Å². The molecule has 1 aliphatic heterocycles. The van der Waals surface area contributed by atoms with Gasteiger partial charge in [0, 0.05) is 0 Å². The number of pyridine rings is 1. The molecule has 0 amide bonds. The summed E-state index contributed by atoms with van der Waals surface area (Å²) in [6, 6.07) is 5.06. The Kier molecular flexibility index (Phi) is 2.51. The first-order valence-corrected chi connectivity index (χ1v) is 6.51. The number of nitrogens with zero attached hydrogens (tertiary/aromatic N) is 3. The lowest BCUT2D eigenvalue weighted by molar-refractivity contribution is 0.0688. The lowest BCUT2D eigenvalue weighted by Crippen LogP contribution is -2.08. The molecule has 17 heavy (non-hydrogen) atoms. The van der Waals surface area contributed by atoms with Gasteiger partial charge < -0.3 is 5.11 Å². The maximum atomic E-state index is 11.2. The van der Waals surface area contributed by atoms with Crippen molar-refractivity contribution < 1.29 is 9.90 Å². The lowest BCUT2D eigenvalue weighted by Gasteiger charge is -2.08. The zero-order chi connectivity index (χ0) is 11.8. The molecule has 1 fully saturated rings. The van der Waals surface area contributed by atoms with Gasteiger partial charge in [-0.05, 0) is 30.7 Å². The SMILES string of the molecule is O=C(O)c1cccc2nnc(C3CCCS3)n12. The zero-order valence-electron chi connectivity index (χ0n) is 9.04. The Labute approximate surface area is 102 Å². The first kappa shape index (κ1) is 10.6. The Morgan fingerprint density at radius 1 is 1.47 bits per heavy atom. The molecule has 3 rings (SSSR count). The van der Waals surface area contributed by atoms with E-state index in [0.29, 0.717) is 5.65 Å². The van der Waals surface area contributed by atoms with Gasteiger partial charge in [-0.25, -0.2) is 4.79 Å². The summed E-state index contributed by atoms with van der Waals surface area (Å²) in [6.45, 7) is 0. The smallest absolute Gasteiger partial charge is 0.352 e. The van der Waals surface area contributed by atoms with Crippen LogP contribution in [0.4, 0.5) is 0 Å². The highest BCUT2D eigenvalue weighted by atomic mass is 32.2. The van der Waals surface area contributed by atoms with E-state index in [0.717, 1.165) is 24.4 Å². The highest BCUT2D eigenvalue weighted by Gasteiger charge is 2.24. The van der Waals surface area contributed by atoms with Crippen molar-refractivity contribution in [3.8, 4) is 0 Å². The Morgan fingerprint density at radius 3 is 3.06 bits per heavy atom. The third kappa shape index (κ3) is 1.68. The molecule has 0 bridgehead atoms. The Morgan fingerprint density at radius 2 is 2.35 bits per heavy atom. The molecule has 6 heteroatoms. The average molecular weight is 249 g/mol. The number of carboxylic acids is 1. The number of fused-ring (bicyclic) bond motifs is 1. The van der Waals surface area contributed by atoms with Crippen LogP contribution in [-0.4, -0.2) is 31.4 Å². The molecule has 88 valence electrons. The highest BCUT2D eigenvalue weighted by Crippen LogP contribution is 2.39. The van der Waals surface area contributed by atoms with Gasteiger partial charge in [-0.2, -0.15) is 11.8 Å². The fourth-order valence-corrected chi connectivity index (χ4v) is 3.37. The number of thioether (sulfide) groups is 1. The van der Waals surface area contributed by atoms with E-state index in [4.69, 9.17) is 0 Å². The summed E-state index contributed by atoms with van der Waals surface area (Å²) in [7, 11) is 0. The molecule has 3 heterocycles. The number of carboxylic acid groups (broad SMARTS) is 1. The lowest BCUT2D eigenvalue weighted by atomic mass is 10.2. The van der Waals surface area contributed by atoms with Gasteiger partial charge >= 0.3 is 5.97 Å². The molecule has 0 saturated carbocycles. The van der Waals surface area contributed by atoms with Crippen LogP contribution in [0.3, 0.4) is 0 Å². The van der Waals surface area contributed by atoms with Gasteiger partial charge in [0.05, 0.1) is 5.25 Å². The second kappa shape index (κ2) is 4.03. The molecule has 0 spiro atoms. The van der Waals surface area contributed by atoms with E-state index in [2.05, 4.69) is 10.2 Å². The fraction of sp³-hybridized carbons (Fsp3) is 0.364. The predicted octanol–water partition coefficient (Wildman–Crippen LogP) is 2.00. The molecule has 1 unspecified atom stereocenters. The maximum absolute atomic E-state index is 11.2. The number of carbonyl (C=O) groups is 1. The number of rotatable bonds is 2. The Bertz CT molecular complexity index is 575. The molecule has 2 aromatic heterocycles. The van der Waals surface area contributed by atoms with Gasteiger partial charge in [0.1, 0.15) is 5.69 Å². The van der Waals surface area contributed by atoms with Crippen LogP contribution in [0, 0.1) is 0 Å². The maximum Gasteiger partial charge on any atom is 0.352 e. The van der Waals surface area contributed by atoms with Crippen LogP contribution < -0.4 is 0 Å². The fourth-order valence-electron chi connectivity index (χ4n) is 2.12. The van der Waals surface area contributed by atoms with Crippen molar-refractivity contribution in [2.45, 2.75) is 18.1 Å². The molecule has 1 saturated heterocycles. The first-order chi connectivity index (χ1) is 8.27. The van der Waals surface area contributed by atoms with E-state index in [1.165, 1.54) is 0 Å². The molecule has 0 aromatic carbocycles. The largest absolute Gasteiger partial charge is 0.477 e. The van der Waals surface area contributed by atoms with Crippen molar-refractivity contribution in [2.24, 2.45) is 0 Å². The zero-order valence-corrected chi connectivity index (χ0v) is 9.85. The molecule has 1 N–H and O–H groups in total. The van der Waals surface area contributed by atoms with Gasteiger partial charge in [-0.15, -0.1) is 10.2 Å². The summed E-state index contributed by atoms with van der Waals surface area (Å²) in [4.78, 5) is 11.2. The van der Waals surface area contributed by atoms with Gasteiger partial charge in [0.2, 0.25) is 0 Å². The monoisotopic (exact) mass is 249 g/mol. The van der Waals surface area contributed by atoms with E-state index >= 15 is 0 Å². The molecule has 2 aromatic rings. The third-order valence-corrected chi connectivity index (χ3v) is 4.26. The Hall–Kier alpha value is -1.56. The summed E-state index contributed by atoms with van der Waals surface area (Å²) >= 11 is 1.82. The van der Waals surface area contributed by atoms with Crippen molar-refractivity contribution in [3.05, 3.63) is 29.7 Å². The third-order valence-electron chi connectivity index (χ3n) is 2.89. The van der Waals surface area contributed by atoms with Crippen LogP contribution in [0.5, 0.6) is 0 Å². The Balaban J connectivity index is 2.21. The molecule has 1 atom stereocenters. The average Bonchev–Trinajstić information content (AvgIpc) is 2.96. The first-order valence-electron chi connectivity index (χ1n) is 5.46. The molecular weight excluding hydrogens is 238 g/mol. The second-order valence-corrected chi connectivity index (χ2v) is 5.28. The number of aromatic nitrogens is 3. The van der Waals surface area contributed by atoms with Crippen molar-refractivity contribution in [2.75, 3.05) is 5.75 Å². The molecule has 1 aliphatic rings. The summed E-state index contributed by atoms with van der Waals surface area (Å²) in [5.41, 5.74) is 0.836. The van der Waals surface area contributed by atoms with Gasteiger partial charge in [0.25, 0.3) is 0 Å². The van der Waals surface area contributed by atoms with Crippen molar-refractivity contribution in [3.63, 3.8) is 0 Å². The van der Waals surface area contributed by atoms with E-state index < -0.39 is 5.97 Å². The van der Waals surface area contributed by atoms with Gasteiger partial charge in [0.15, 0.2) is 11.5 Å². The van der Waals surface area contributed by atoms with E-state index in [9.17, 15) is 9.90 Å². The predicted molar refractivity (Wildman–Crippen MR) is 64.4 cm³/mol. The van der Waals surface area contributed by atoms with Crippen molar-refractivity contribution in [1.82, 2.24) is 14.6 Å². The van der Waals surface area contributed by atoms with Crippen LogP contribution in [0.25, 0.3) is 5.65 Å².